The summed E-state index contributed by atoms with van der Waals surface area (Å²) in [6.45, 7) is 5.03. The molecular weight excluding hydrogens is 280 g/mol. The Kier molecular flexibility index (Phi) is 3.84. The van der Waals surface area contributed by atoms with Crippen molar-refractivity contribution < 1.29 is 4.79 Å². The monoisotopic (exact) mass is 296 g/mol. The highest BCUT2D eigenvalue weighted by molar-refractivity contribution is 9.10. The van der Waals surface area contributed by atoms with Gasteiger partial charge in [0.2, 0.25) is 5.91 Å². The Balaban J connectivity index is 2.10. The predicted octanol–water partition coefficient (Wildman–Crippen LogP) is 2.69. The van der Waals surface area contributed by atoms with E-state index in [0.717, 1.165) is 28.7 Å². The maximum absolute atomic E-state index is 12.1. The molecule has 4 heteroatoms. The lowest BCUT2D eigenvalue weighted by molar-refractivity contribution is -0.118. The van der Waals surface area contributed by atoms with Crippen LogP contribution in [0.4, 0.5) is 5.69 Å². The molecule has 0 aliphatic carbocycles. The second-order valence-electron chi connectivity index (χ2n) is 4.60. The van der Waals surface area contributed by atoms with Crippen LogP contribution in [0.2, 0.25) is 0 Å². The van der Waals surface area contributed by atoms with E-state index in [2.05, 4.69) is 33.5 Å². The maximum Gasteiger partial charge on any atom is 0.241 e. The number of nitrogens with one attached hydrogen (secondary N) is 2. The molecular formula is C13H17BrN2O. The normalized spacial score (nSPS) is 23.7. The fraction of sp³-hybridized carbons (Fsp3) is 0.462. The quantitative estimate of drug-likeness (QED) is 0.881. The summed E-state index contributed by atoms with van der Waals surface area (Å²) in [5.74, 6) is 0.471. The minimum atomic E-state index is -0.0617. The molecule has 17 heavy (non-hydrogen) atoms. The van der Waals surface area contributed by atoms with Crippen molar-refractivity contribution in [2.75, 3.05) is 11.9 Å². The van der Waals surface area contributed by atoms with E-state index in [1.165, 1.54) is 0 Å². The van der Waals surface area contributed by atoms with Gasteiger partial charge >= 0.3 is 0 Å². The molecule has 1 aliphatic heterocycles. The van der Waals surface area contributed by atoms with Crippen LogP contribution in [0.5, 0.6) is 0 Å². The van der Waals surface area contributed by atoms with Crippen molar-refractivity contribution in [2.45, 2.75) is 26.3 Å². The largest absolute Gasteiger partial charge is 0.324 e. The van der Waals surface area contributed by atoms with Crippen LogP contribution in [0.25, 0.3) is 0 Å². The summed E-state index contributed by atoms with van der Waals surface area (Å²) in [6.07, 6.45) is 1.07. The van der Waals surface area contributed by atoms with E-state index in [-0.39, 0.29) is 11.9 Å². The third-order valence-electron chi connectivity index (χ3n) is 3.34. The van der Waals surface area contributed by atoms with Crippen LogP contribution >= 0.6 is 15.9 Å². The lowest BCUT2D eigenvalue weighted by atomic mass is 10.0. The Morgan fingerprint density at radius 3 is 2.94 bits per heavy atom. The molecule has 2 N–H and O–H groups in total. The fourth-order valence-electron chi connectivity index (χ4n) is 2.14. The van der Waals surface area contributed by atoms with Crippen molar-refractivity contribution in [3.05, 3.63) is 28.2 Å². The Morgan fingerprint density at radius 1 is 1.53 bits per heavy atom. The van der Waals surface area contributed by atoms with Crippen molar-refractivity contribution in [3.63, 3.8) is 0 Å². The summed E-state index contributed by atoms with van der Waals surface area (Å²) < 4.78 is 1.02. The van der Waals surface area contributed by atoms with Crippen molar-refractivity contribution in [3.8, 4) is 0 Å². The molecule has 3 nitrogen and oxygen atoms in total. The van der Waals surface area contributed by atoms with Gasteiger partial charge in [-0.2, -0.15) is 0 Å². The van der Waals surface area contributed by atoms with Crippen LogP contribution in [-0.4, -0.2) is 18.5 Å². The second-order valence-corrected chi connectivity index (χ2v) is 5.45. The highest BCUT2D eigenvalue weighted by Crippen LogP contribution is 2.24. The third-order valence-corrected chi connectivity index (χ3v) is 4.20. The van der Waals surface area contributed by atoms with Gasteiger partial charge in [0.05, 0.1) is 6.04 Å². The number of carbonyl (C=O) groups is 1. The molecule has 92 valence electrons. The highest BCUT2D eigenvalue weighted by atomic mass is 79.9. The number of amides is 1. The number of halogens is 1. The molecule has 2 atom stereocenters. The molecule has 0 aromatic heterocycles. The van der Waals surface area contributed by atoms with E-state index in [1.807, 2.05) is 25.1 Å². The topological polar surface area (TPSA) is 41.1 Å². The Labute approximate surface area is 110 Å². The van der Waals surface area contributed by atoms with Crippen LogP contribution in [0.1, 0.15) is 18.9 Å². The minimum absolute atomic E-state index is 0.0617. The van der Waals surface area contributed by atoms with Gasteiger partial charge in [0.25, 0.3) is 0 Å². The lowest BCUT2D eigenvalue weighted by Crippen LogP contribution is -2.39. The van der Waals surface area contributed by atoms with Crippen LogP contribution in [0, 0.1) is 12.8 Å². The average molecular weight is 297 g/mol. The first-order chi connectivity index (χ1) is 8.09. The molecule has 0 radical (unpaired) electrons. The first kappa shape index (κ1) is 12.6. The van der Waals surface area contributed by atoms with Gasteiger partial charge in [-0.1, -0.05) is 28.9 Å². The zero-order chi connectivity index (χ0) is 12.4. The van der Waals surface area contributed by atoms with E-state index in [9.17, 15) is 4.79 Å². The molecule has 1 heterocycles. The van der Waals surface area contributed by atoms with Gasteiger partial charge in [-0.25, -0.2) is 0 Å². The van der Waals surface area contributed by atoms with Crippen LogP contribution in [0.15, 0.2) is 22.7 Å². The molecule has 1 fully saturated rings. The molecule has 2 unspecified atom stereocenters. The summed E-state index contributed by atoms with van der Waals surface area (Å²) in [7, 11) is 0. The van der Waals surface area contributed by atoms with Gasteiger partial charge < -0.3 is 10.6 Å². The van der Waals surface area contributed by atoms with Crippen molar-refractivity contribution in [1.29, 1.82) is 0 Å². The average Bonchev–Trinajstić information content (AvgIpc) is 2.71. The smallest absolute Gasteiger partial charge is 0.241 e. The van der Waals surface area contributed by atoms with E-state index in [4.69, 9.17) is 0 Å². The third kappa shape index (κ3) is 2.69. The molecule has 0 spiro atoms. The van der Waals surface area contributed by atoms with Gasteiger partial charge in [-0.05, 0) is 43.5 Å². The first-order valence-electron chi connectivity index (χ1n) is 5.89. The van der Waals surface area contributed by atoms with Crippen LogP contribution in [0.3, 0.4) is 0 Å². The number of carbonyl (C=O) groups excluding carboxylic acids is 1. The summed E-state index contributed by atoms with van der Waals surface area (Å²) >= 11 is 3.46. The first-order valence-corrected chi connectivity index (χ1v) is 6.68. The van der Waals surface area contributed by atoms with Gasteiger partial charge in [0, 0.05) is 10.2 Å². The number of benzene rings is 1. The summed E-state index contributed by atoms with van der Waals surface area (Å²) in [5, 5.41) is 6.23. The van der Waals surface area contributed by atoms with Crippen LogP contribution < -0.4 is 10.6 Å². The number of rotatable bonds is 2. The maximum atomic E-state index is 12.1. The highest BCUT2D eigenvalue weighted by Gasteiger charge is 2.29. The molecule has 1 aliphatic rings. The fourth-order valence-corrected chi connectivity index (χ4v) is 2.51. The molecule has 1 saturated heterocycles. The van der Waals surface area contributed by atoms with Crippen LogP contribution in [-0.2, 0) is 4.79 Å². The van der Waals surface area contributed by atoms with Gasteiger partial charge in [-0.15, -0.1) is 0 Å². The number of hydrogen-bond donors (Lipinski definition) is 2. The van der Waals surface area contributed by atoms with E-state index in [1.54, 1.807) is 0 Å². The molecule has 1 aromatic rings. The molecule has 1 aromatic carbocycles. The zero-order valence-corrected chi connectivity index (χ0v) is 11.7. The molecule has 2 rings (SSSR count). The van der Waals surface area contributed by atoms with E-state index in [0.29, 0.717) is 5.92 Å². The second kappa shape index (κ2) is 5.19. The predicted molar refractivity (Wildman–Crippen MR) is 73.1 cm³/mol. The van der Waals surface area contributed by atoms with Gasteiger partial charge in [0.1, 0.15) is 0 Å². The number of hydrogen-bond acceptors (Lipinski definition) is 2. The summed E-state index contributed by atoms with van der Waals surface area (Å²) in [4.78, 5) is 12.1. The number of anilines is 1. The van der Waals surface area contributed by atoms with Crippen molar-refractivity contribution in [2.24, 2.45) is 5.92 Å². The molecule has 0 saturated carbocycles. The summed E-state index contributed by atoms with van der Waals surface area (Å²) in [5.41, 5.74) is 1.94. The molecule has 0 bridgehead atoms. The zero-order valence-electron chi connectivity index (χ0n) is 10.1. The SMILES string of the molecule is Cc1c(Br)cccc1NC(=O)C1NCCC1C. The Bertz CT molecular complexity index is 433. The van der Waals surface area contributed by atoms with Gasteiger partial charge in [-0.3, -0.25) is 4.79 Å². The van der Waals surface area contributed by atoms with Gasteiger partial charge in [0.15, 0.2) is 0 Å². The molecule has 1 amide bonds. The Hall–Kier alpha value is -0.870. The standard InChI is InChI=1S/C13H17BrN2O/c1-8-6-7-15-12(8)13(17)16-11-5-3-4-10(14)9(11)2/h3-5,8,12,15H,6-7H2,1-2H3,(H,16,17). The lowest BCUT2D eigenvalue weighted by Gasteiger charge is -2.16. The van der Waals surface area contributed by atoms with E-state index >= 15 is 0 Å². The minimum Gasteiger partial charge on any atom is -0.324 e. The summed E-state index contributed by atoms with van der Waals surface area (Å²) in [6, 6.07) is 5.77. The van der Waals surface area contributed by atoms with E-state index < -0.39 is 0 Å². The van der Waals surface area contributed by atoms with Crippen molar-refractivity contribution >= 4 is 27.5 Å². The van der Waals surface area contributed by atoms with Crippen molar-refractivity contribution in [1.82, 2.24) is 5.32 Å². The Morgan fingerprint density at radius 2 is 2.29 bits per heavy atom.